The number of fused-ring (bicyclic) bond motifs is 1. The lowest BCUT2D eigenvalue weighted by molar-refractivity contribution is 0.634. The van der Waals surface area contributed by atoms with Crippen molar-refractivity contribution in [2.24, 2.45) is 7.05 Å². The summed E-state index contributed by atoms with van der Waals surface area (Å²) in [5.41, 5.74) is 0.609. The Morgan fingerprint density at radius 3 is 2.84 bits per heavy atom. The number of H-pyrrole nitrogens is 1. The van der Waals surface area contributed by atoms with Crippen molar-refractivity contribution in [2.75, 3.05) is 0 Å². The lowest BCUT2D eigenvalue weighted by atomic mass is 10.3. The number of pyridine rings is 1. The van der Waals surface area contributed by atoms with Crippen LogP contribution in [0.3, 0.4) is 0 Å². The van der Waals surface area contributed by atoms with Crippen LogP contribution in [0.2, 0.25) is 0 Å². The third-order valence-electron chi connectivity index (χ3n) is 2.98. The molecule has 0 aliphatic carbocycles. The van der Waals surface area contributed by atoms with E-state index in [1.807, 2.05) is 0 Å². The third kappa shape index (κ3) is 1.85. The highest BCUT2D eigenvalue weighted by molar-refractivity contribution is 5.71. The molecule has 3 aromatic rings. The molecule has 0 radical (unpaired) electrons. The standard InChI is InChI=1S/C12H11N5O2/c1-16-8(4-6-14-16)7-17-11(18)10-9(15-12(17)19)3-2-5-13-10/h2-6H,7H2,1H3,(H,15,19). The van der Waals surface area contributed by atoms with Crippen molar-refractivity contribution in [2.45, 2.75) is 6.54 Å². The fourth-order valence-corrected chi connectivity index (χ4v) is 1.94. The summed E-state index contributed by atoms with van der Waals surface area (Å²) in [5.74, 6) is 0. The number of nitrogens with zero attached hydrogens (tertiary/aromatic N) is 4. The number of nitrogens with one attached hydrogen (secondary N) is 1. The molecule has 19 heavy (non-hydrogen) atoms. The smallest absolute Gasteiger partial charge is 0.305 e. The number of aromatic nitrogens is 5. The summed E-state index contributed by atoms with van der Waals surface area (Å²) in [7, 11) is 1.76. The summed E-state index contributed by atoms with van der Waals surface area (Å²) in [4.78, 5) is 30.8. The summed E-state index contributed by atoms with van der Waals surface area (Å²) >= 11 is 0. The molecule has 1 N–H and O–H groups in total. The van der Waals surface area contributed by atoms with Crippen LogP contribution < -0.4 is 11.2 Å². The molecule has 3 aromatic heterocycles. The van der Waals surface area contributed by atoms with Crippen molar-refractivity contribution in [3.05, 3.63) is 57.1 Å². The maximum absolute atomic E-state index is 12.2. The molecule has 0 saturated carbocycles. The van der Waals surface area contributed by atoms with Crippen molar-refractivity contribution >= 4 is 11.0 Å². The van der Waals surface area contributed by atoms with Crippen LogP contribution in [0.25, 0.3) is 11.0 Å². The Hall–Kier alpha value is -2.70. The second-order valence-corrected chi connectivity index (χ2v) is 4.17. The van der Waals surface area contributed by atoms with E-state index in [0.29, 0.717) is 5.52 Å². The molecule has 7 heteroatoms. The summed E-state index contributed by atoms with van der Waals surface area (Å²) in [6.07, 6.45) is 3.14. The molecular weight excluding hydrogens is 246 g/mol. The Balaban J connectivity index is 2.22. The van der Waals surface area contributed by atoms with E-state index in [1.165, 1.54) is 6.20 Å². The van der Waals surface area contributed by atoms with Crippen molar-refractivity contribution in [3.63, 3.8) is 0 Å². The Labute approximate surface area is 107 Å². The highest BCUT2D eigenvalue weighted by Crippen LogP contribution is 2.01. The molecule has 7 nitrogen and oxygen atoms in total. The highest BCUT2D eigenvalue weighted by atomic mass is 16.2. The summed E-state index contributed by atoms with van der Waals surface area (Å²) < 4.78 is 2.74. The average Bonchev–Trinajstić information content (AvgIpc) is 2.80. The second-order valence-electron chi connectivity index (χ2n) is 4.17. The van der Waals surface area contributed by atoms with Crippen molar-refractivity contribution < 1.29 is 0 Å². The van der Waals surface area contributed by atoms with Gasteiger partial charge < -0.3 is 4.98 Å². The zero-order chi connectivity index (χ0) is 13.4. The van der Waals surface area contributed by atoms with Gasteiger partial charge in [0.15, 0.2) is 5.52 Å². The van der Waals surface area contributed by atoms with Crippen LogP contribution in [-0.2, 0) is 13.6 Å². The van der Waals surface area contributed by atoms with Crippen LogP contribution in [0, 0.1) is 0 Å². The lowest BCUT2D eigenvalue weighted by Gasteiger charge is -2.06. The Kier molecular flexibility index (Phi) is 2.52. The van der Waals surface area contributed by atoms with E-state index in [2.05, 4.69) is 15.1 Å². The van der Waals surface area contributed by atoms with Gasteiger partial charge in [0.2, 0.25) is 0 Å². The Morgan fingerprint density at radius 1 is 1.26 bits per heavy atom. The third-order valence-corrected chi connectivity index (χ3v) is 2.98. The fraction of sp³-hybridized carbons (Fsp3) is 0.167. The molecule has 0 aliphatic rings. The first-order valence-corrected chi connectivity index (χ1v) is 5.71. The number of hydrogen-bond donors (Lipinski definition) is 1. The molecule has 0 amide bonds. The molecule has 3 rings (SSSR count). The highest BCUT2D eigenvalue weighted by Gasteiger charge is 2.10. The van der Waals surface area contributed by atoms with Gasteiger partial charge in [-0.2, -0.15) is 5.10 Å². The molecule has 0 bridgehead atoms. The van der Waals surface area contributed by atoms with E-state index in [0.717, 1.165) is 10.3 Å². The van der Waals surface area contributed by atoms with E-state index in [9.17, 15) is 9.59 Å². The first-order chi connectivity index (χ1) is 9.16. The van der Waals surface area contributed by atoms with E-state index in [1.54, 1.807) is 36.1 Å². The van der Waals surface area contributed by atoms with E-state index in [4.69, 9.17) is 0 Å². The minimum Gasteiger partial charge on any atom is -0.305 e. The molecule has 0 atom stereocenters. The van der Waals surface area contributed by atoms with Crippen molar-refractivity contribution in [3.8, 4) is 0 Å². The number of rotatable bonds is 2. The summed E-state index contributed by atoms with van der Waals surface area (Å²) in [5, 5.41) is 4.01. The van der Waals surface area contributed by atoms with Gasteiger partial charge in [-0.05, 0) is 18.2 Å². The molecule has 96 valence electrons. The first kappa shape index (κ1) is 11.4. The summed E-state index contributed by atoms with van der Waals surface area (Å²) in [6, 6.07) is 5.08. The van der Waals surface area contributed by atoms with Gasteiger partial charge in [0, 0.05) is 19.4 Å². The van der Waals surface area contributed by atoms with E-state index >= 15 is 0 Å². The maximum Gasteiger partial charge on any atom is 0.329 e. The number of hydrogen-bond acceptors (Lipinski definition) is 4. The molecule has 0 aliphatic heterocycles. The molecule has 0 saturated heterocycles. The number of aromatic amines is 1. The lowest BCUT2D eigenvalue weighted by Crippen LogP contribution is -2.36. The predicted molar refractivity (Wildman–Crippen MR) is 68.9 cm³/mol. The molecule has 0 unspecified atom stereocenters. The van der Waals surface area contributed by atoms with Crippen LogP contribution in [0.1, 0.15) is 5.69 Å². The van der Waals surface area contributed by atoms with Crippen LogP contribution >= 0.6 is 0 Å². The van der Waals surface area contributed by atoms with Gasteiger partial charge in [-0.25, -0.2) is 9.78 Å². The number of aryl methyl sites for hydroxylation is 1. The normalized spacial score (nSPS) is 11.0. The molecule has 0 spiro atoms. The van der Waals surface area contributed by atoms with Gasteiger partial charge in [0.25, 0.3) is 5.56 Å². The maximum atomic E-state index is 12.2. The van der Waals surface area contributed by atoms with Gasteiger partial charge in [0.05, 0.1) is 17.8 Å². The quantitative estimate of drug-likeness (QED) is 0.692. The average molecular weight is 257 g/mol. The minimum atomic E-state index is -0.452. The van der Waals surface area contributed by atoms with Crippen LogP contribution in [-0.4, -0.2) is 24.3 Å². The SMILES string of the molecule is Cn1nccc1Cn1c(=O)[nH]c2cccnc2c1=O. The largest absolute Gasteiger partial charge is 0.329 e. The van der Waals surface area contributed by atoms with Crippen molar-refractivity contribution in [1.29, 1.82) is 0 Å². The Bertz CT molecular complexity index is 858. The monoisotopic (exact) mass is 257 g/mol. The fourth-order valence-electron chi connectivity index (χ4n) is 1.94. The van der Waals surface area contributed by atoms with Gasteiger partial charge in [-0.15, -0.1) is 0 Å². The molecule has 0 aromatic carbocycles. The topological polar surface area (TPSA) is 85.6 Å². The van der Waals surface area contributed by atoms with Crippen molar-refractivity contribution in [1.82, 2.24) is 24.3 Å². The molecular formula is C12H11N5O2. The van der Waals surface area contributed by atoms with E-state index < -0.39 is 11.2 Å². The second kappa shape index (κ2) is 4.20. The van der Waals surface area contributed by atoms with Crippen LogP contribution in [0.5, 0.6) is 0 Å². The minimum absolute atomic E-state index is 0.164. The van der Waals surface area contributed by atoms with Gasteiger partial charge in [-0.1, -0.05) is 0 Å². The molecule has 0 fully saturated rings. The molecule has 3 heterocycles. The van der Waals surface area contributed by atoms with Gasteiger partial charge >= 0.3 is 5.69 Å². The van der Waals surface area contributed by atoms with Gasteiger partial charge in [0.1, 0.15) is 0 Å². The van der Waals surface area contributed by atoms with Gasteiger partial charge in [-0.3, -0.25) is 14.0 Å². The van der Waals surface area contributed by atoms with Crippen LogP contribution in [0.4, 0.5) is 0 Å². The van der Waals surface area contributed by atoms with E-state index in [-0.39, 0.29) is 12.1 Å². The van der Waals surface area contributed by atoms with Crippen LogP contribution in [0.15, 0.2) is 40.2 Å². The first-order valence-electron chi connectivity index (χ1n) is 5.71. The zero-order valence-corrected chi connectivity index (χ0v) is 10.2. The summed E-state index contributed by atoms with van der Waals surface area (Å²) in [6.45, 7) is 0.164. The Morgan fingerprint density at radius 2 is 2.11 bits per heavy atom. The predicted octanol–water partition coefficient (Wildman–Crippen LogP) is -0.133. The zero-order valence-electron chi connectivity index (χ0n) is 10.2.